The van der Waals surface area contributed by atoms with Gasteiger partial charge in [0.1, 0.15) is 18.1 Å². The van der Waals surface area contributed by atoms with E-state index in [-0.39, 0.29) is 6.61 Å². The molecule has 40 heavy (non-hydrogen) atoms. The molecule has 0 bridgehead atoms. The van der Waals surface area contributed by atoms with Crippen LogP contribution >= 0.6 is 11.6 Å². The minimum absolute atomic E-state index is 0.186. The van der Waals surface area contributed by atoms with Crippen molar-refractivity contribution in [2.75, 3.05) is 24.8 Å². The number of nitrogens with zero attached hydrogens (tertiary/aromatic N) is 4. The third kappa shape index (κ3) is 5.06. The van der Waals surface area contributed by atoms with Crippen LogP contribution in [-0.2, 0) is 7.05 Å². The van der Waals surface area contributed by atoms with E-state index in [1.54, 1.807) is 25.4 Å². The number of aromatic nitrogens is 3. The molecule has 0 saturated heterocycles. The van der Waals surface area contributed by atoms with E-state index in [0.29, 0.717) is 39.5 Å². The van der Waals surface area contributed by atoms with Gasteiger partial charge in [-0.25, -0.2) is 14.8 Å². The first-order valence-electron chi connectivity index (χ1n) is 12.9. The van der Waals surface area contributed by atoms with E-state index >= 15 is 0 Å². The van der Waals surface area contributed by atoms with Crippen molar-refractivity contribution in [3.8, 4) is 22.8 Å². The summed E-state index contributed by atoms with van der Waals surface area (Å²) in [7, 11) is 3.52. The van der Waals surface area contributed by atoms with Crippen molar-refractivity contribution >= 4 is 45.9 Å². The molecule has 2 heterocycles. The van der Waals surface area contributed by atoms with Crippen molar-refractivity contribution in [3.05, 3.63) is 53.8 Å². The molecule has 10 nitrogen and oxygen atoms in total. The van der Waals surface area contributed by atoms with Gasteiger partial charge >= 0.3 is 6.09 Å². The van der Waals surface area contributed by atoms with Gasteiger partial charge in [0.15, 0.2) is 0 Å². The molecule has 1 aliphatic rings. The summed E-state index contributed by atoms with van der Waals surface area (Å²) in [5, 5.41) is 14.5. The van der Waals surface area contributed by atoms with Gasteiger partial charge in [0.2, 0.25) is 5.95 Å². The van der Waals surface area contributed by atoms with Gasteiger partial charge in [-0.2, -0.15) is 0 Å². The summed E-state index contributed by atoms with van der Waals surface area (Å²) in [6, 6.07) is 11.4. The van der Waals surface area contributed by atoms with Gasteiger partial charge in [-0.05, 0) is 45.7 Å². The number of nitrogens with one attached hydrogen (secondary N) is 1. The summed E-state index contributed by atoms with van der Waals surface area (Å²) in [5.41, 5.74) is 8.67. The molecule has 0 aliphatic heterocycles. The monoisotopic (exact) mass is 564 g/mol. The van der Waals surface area contributed by atoms with Crippen LogP contribution in [0.15, 0.2) is 48.8 Å². The van der Waals surface area contributed by atoms with E-state index < -0.39 is 17.2 Å². The fourth-order valence-corrected chi connectivity index (χ4v) is 5.42. The summed E-state index contributed by atoms with van der Waals surface area (Å²) in [6.45, 7) is 5.82. The lowest BCUT2D eigenvalue weighted by atomic mass is 10.0. The Hall–Kier alpha value is -4.18. The van der Waals surface area contributed by atoms with E-state index in [9.17, 15) is 9.90 Å². The van der Waals surface area contributed by atoms with Gasteiger partial charge in [-0.3, -0.25) is 4.90 Å². The highest BCUT2D eigenvalue weighted by Crippen LogP contribution is 2.46. The van der Waals surface area contributed by atoms with Gasteiger partial charge < -0.3 is 30.2 Å². The number of hydrogen-bond acceptors (Lipinski definition) is 7. The SMILES string of the molecule is COc1cc(OCC2(N(C(=O)O)C(C)(C)C)CC2)c(N)cc1Nc1ncc(Cl)c(-c2cn(C)c3ccccc23)n1. The third-order valence-electron chi connectivity index (χ3n) is 7.13. The van der Waals surface area contributed by atoms with Crippen molar-refractivity contribution in [1.29, 1.82) is 0 Å². The number of benzene rings is 2. The van der Waals surface area contributed by atoms with E-state index in [2.05, 4.69) is 10.3 Å². The largest absolute Gasteiger partial charge is 0.494 e. The predicted molar refractivity (Wildman–Crippen MR) is 157 cm³/mol. The minimum Gasteiger partial charge on any atom is -0.494 e. The predicted octanol–water partition coefficient (Wildman–Crippen LogP) is 6.31. The lowest BCUT2D eigenvalue weighted by Gasteiger charge is -2.40. The molecular weight excluding hydrogens is 532 g/mol. The summed E-state index contributed by atoms with van der Waals surface area (Å²) in [5.74, 6) is 1.18. The molecular formula is C29H33ClN6O4. The van der Waals surface area contributed by atoms with Gasteiger partial charge in [-0.15, -0.1) is 0 Å². The van der Waals surface area contributed by atoms with Crippen LogP contribution in [0.3, 0.4) is 0 Å². The second kappa shape index (κ2) is 10.1. The van der Waals surface area contributed by atoms with Gasteiger partial charge in [0.05, 0.1) is 40.9 Å². The van der Waals surface area contributed by atoms with Crippen LogP contribution in [-0.4, -0.2) is 55.4 Å². The number of methoxy groups -OCH3 is 1. The average Bonchev–Trinajstić information content (AvgIpc) is 3.58. The number of halogens is 1. The van der Waals surface area contributed by atoms with E-state index in [1.807, 2.05) is 62.8 Å². The Morgan fingerprint density at radius 2 is 1.98 bits per heavy atom. The summed E-state index contributed by atoms with van der Waals surface area (Å²) in [4.78, 5) is 22.6. The maximum atomic E-state index is 12.0. The Kier molecular flexibility index (Phi) is 6.91. The van der Waals surface area contributed by atoms with Crippen molar-refractivity contribution in [1.82, 2.24) is 19.4 Å². The number of anilines is 3. The zero-order chi connectivity index (χ0) is 28.8. The molecule has 4 aromatic rings. The Bertz CT molecular complexity index is 1590. The molecule has 1 amide bonds. The van der Waals surface area contributed by atoms with Gasteiger partial charge in [-0.1, -0.05) is 29.8 Å². The zero-order valence-corrected chi connectivity index (χ0v) is 23.9. The minimum atomic E-state index is -0.968. The molecule has 5 rings (SSSR count). The van der Waals surface area contributed by atoms with Crippen LogP contribution in [0.1, 0.15) is 33.6 Å². The van der Waals surface area contributed by atoms with E-state index in [0.717, 1.165) is 29.3 Å². The highest BCUT2D eigenvalue weighted by atomic mass is 35.5. The number of nitrogen functional groups attached to an aromatic ring is 1. The van der Waals surface area contributed by atoms with Crippen LogP contribution in [0.4, 0.5) is 22.1 Å². The smallest absolute Gasteiger partial charge is 0.408 e. The van der Waals surface area contributed by atoms with Crippen molar-refractivity contribution < 1.29 is 19.4 Å². The number of aryl methyl sites for hydroxylation is 1. The summed E-state index contributed by atoms with van der Waals surface area (Å²) in [6.07, 6.45) is 4.02. The first kappa shape index (κ1) is 27.4. The highest BCUT2D eigenvalue weighted by Gasteiger charge is 2.55. The van der Waals surface area contributed by atoms with Gasteiger partial charge in [0, 0.05) is 41.3 Å². The topological polar surface area (TPSA) is 128 Å². The number of para-hydroxylation sites is 1. The molecule has 11 heteroatoms. The van der Waals surface area contributed by atoms with Crippen LogP contribution in [0.2, 0.25) is 5.02 Å². The summed E-state index contributed by atoms with van der Waals surface area (Å²) >= 11 is 6.53. The molecule has 2 aromatic heterocycles. The molecule has 2 aromatic carbocycles. The second-order valence-electron chi connectivity index (χ2n) is 11.1. The number of fused-ring (bicyclic) bond motifs is 1. The fourth-order valence-electron chi connectivity index (χ4n) is 5.23. The maximum absolute atomic E-state index is 12.0. The van der Waals surface area contributed by atoms with Crippen molar-refractivity contribution in [2.24, 2.45) is 7.05 Å². The number of ether oxygens (including phenoxy) is 2. The fraction of sp³-hybridized carbons (Fsp3) is 0.345. The number of hydrogen-bond donors (Lipinski definition) is 3. The number of rotatable bonds is 8. The number of carboxylic acid groups (broad SMARTS) is 1. The average molecular weight is 565 g/mol. The Morgan fingerprint density at radius 1 is 1.25 bits per heavy atom. The Labute approximate surface area is 237 Å². The molecule has 4 N–H and O–H groups in total. The van der Waals surface area contributed by atoms with E-state index in [1.165, 1.54) is 4.90 Å². The molecule has 0 radical (unpaired) electrons. The van der Waals surface area contributed by atoms with E-state index in [4.69, 9.17) is 31.8 Å². The van der Waals surface area contributed by atoms with Crippen LogP contribution in [0.5, 0.6) is 11.5 Å². The molecule has 210 valence electrons. The molecule has 0 spiro atoms. The number of nitrogens with two attached hydrogens (primary N) is 1. The quantitative estimate of drug-likeness (QED) is 0.212. The Balaban J connectivity index is 1.40. The van der Waals surface area contributed by atoms with Crippen molar-refractivity contribution in [3.63, 3.8) is 0 Å². The lowest BCUT2D eigenvalue weighted by Crippen LogP contribution is -2.55. The highest BCUT2D eigenvalue weighted by molar-refractivity contribution is 6.33. The molecule has 1 aliphatic carbocycles. The van der Waals surface area contributed by atoms with Crippen molar-refractivity contribution in [2.45, 2.75) is 44.7 Å². The van der Waals surface area contributed by atoms with Crippen LogP contribution in [0, 0.1) is 0 Å². The number of amides is 1. The third-order valence-corrected chi connectivity index (χ3v) is 7.41. The van der Waals surface area contributed by atoms with Crippen LogP contribution < -0.4 is 20.5 Å². The van der Waals surface area contributed by atoms with Gasteiger partial charge in [0.25, 0.3) is 0 Å². The molecule has 1 saturated carbocycles. The first-order chi connectivity index (χ1) is 18.9. The molecule has 0 unspecified atom stereocenters. The lowest BCUT2D eigenvalue weighted by molar-refractivity contribution is 0.0401. The van der Waals surface area contributed by atoms with Crippen LogP contribution in [0.25, 0.3) is 22.2 Å². The maximum Gasteiger partial charge on any atom is 0.408 e. The standard InChI is InChI=1S/C29H33ClN6O4/c1-28(2,3)36(27(37)38)29(10-11-29)16-40-23-13-24(39-5)21(12-20(23)31)33-26-32-14-19(30)25(34-26)18-15-35(4)22-9-7-6-8-17(18)22/h6-9,12-15H,10-11,16,31H2,1-5H3,(H,37,38)(H,32,33,34). The zero-order valence-electron chi connectivity index (χ0n) is 23.2. The first-order valence-corrected chi connectivity index (χ1v) is 13.3. The summed E-state index contributed by atoms with van der Waals surface area (Å²) < 4.78 is 13.7. The second-order valence-corrected chi connectivity index (χ2v) is 11.5. The molecule has 1 fully saturated rings. The number of carbonyl (C=O) groups is 1. The Morgan fingerprint density at radius 3 is 2.62 bits per heavy atom. The molecule has 0 atom stereocenters. The normalized spacial score (nSPS) is 14.2.